The highest BCUT2D eigenvalue weighted by atomic mass is 16.5. The lowest BCUT2D eigenvalue weighted by Gasteiger charge is -2.28. The molecule has 0 aromatic carbocycles. The van der Waals surface area contributed by atoms with E-state index in [1.165, 1.54) is 0 Å². The van der Waals surface area contributed by atoms with E-state index in [-0.39, 0.29) is 84.2 Å². The van der Waals surface area contributed by atoms with Crippen molar-refractivity contribution in [3.8, 4) is 0 Å². The van der Waals surface area contributed by atoms with Gasteiger partial charge in [-0.05, 0) is 78.6 Å². The van der Waals surface area contributed by atoms with Gasteiger partial charge < -0.3 is 57.4 Å². The summed E-state index contributed by atoms with van der Waals surface area (Å²) in [7, 11) is 0. The quantitative estimate of drug-likeness (QED) is 0.0261. The number of aliphatic hydroxyl groups excluding tert-OH is 5. The Morgan fingerprint density at radius 1 is 0.478 bits per heavy atom. The highest BCUT2D eigenvalue weighted by Gasteiger charge is 2.33. The maximum atomic E-state index is 14.1. The van der Waals surface area contributed by atoms with E-state index in [1.54, 1.807) is 20.8 Å². The molecule has 0 aromatic heterocycles. The van der Waals surface area contributed by atoms with Crippen LogP contribution in [0.2, 0.25) is 0 Å². The number of rotatable bonds is 23. The predicted octanol–water partition coefficient (Wildman–Crippen LogP) is -4.50. The summed E-state index contributed by atoms with van der Waals surface area (Å²) in [6.07, 6.45) is 2.08. The minimum Gasteiger partial charge on any atom is -0.396 e. The Hall–Kier alpha value is -5.87. The predicted molar refractivity (Wildman–Crippen MR) is 231 cm³/mol. The van der Waals surface area contributed by atoms with Gasteiger partial charge in [-0.25, -0.2) is 15.2 Å². The van der Waals surface area contributed by atoms with Gasteiger partial charge in [0.1, 0.15) is 30.2 Å². The van der Waals surface area contributed by atoms with Crippen LogP contribution in [0.3, 0.4) is 0 Å². The number of carbonyl (C=O) groups is 9. The molecule has 1 saturated heterocycles. The van der Waals surface area contributed by atoms with Crippen LogP contribution in [0.15, 0.2) is 34.9 Å². The van der Waals surface area contributed by atoms with E-state index in [0.29, 0.717) is 31.9 Å². The van der Waals surface area contributed by atoms with Gasteiger partial charge in [-0.3, -0.25) is 58.8 Å². The third-order valence-electron chi connectivity index (χ3n) is 9.95. The number of hydrogen-bond acceptors (Lipinski definition) is 17. The van der Waals surface area contributed by atoms with E-state index in [0.717, 1.165) is 18.2 Å². The average molecular weight is 958 g/mol. The highest BCUT2D eigenvalue weighted by molar-refractivity contribution is 5.97. The van der Waals surface area contributed by atoms with Gasteiger partial charge in [0, 0.05) is 57.7 Å². The zero-order chi connectivity index (χ0) is 50.6. The molecule has 378 valence electrons. The van der Waals surface area contributed by atoms with Crippen molar-refractivity contribution >= 4 is 53.2 Å². The van der Waals surface area contributed by atoms with Gasteiger partial charge in [0.15, 0.2) is 0 Å². The van der Waals surface area contributed by atoms with Crippen molar-refractivity contribution in [2.45, 2.75) is 109 Å². The van der Waals surface area contributed by atoms with E-state index in [4.69, 9.17) is 15.3 Å². The minimum absolute atomic E-state index is 0.140. The molecule has 26 heteroatoms. The van der Waals surface area contributed by atoms with Crippen LogP contribution in [0, 0.1) is 0 Å². The van der Waals surface area contributed by atoms with Gasteiger partial charge in [-0.2, -0.15) is 0 Å². The summed E-state index contributed by atoms with van der Waals surface area (Å²) in [6, 6.07) is -8.34. The molecule has 5 atom stereocenters. The summed E-state index contributed by atoms with van der Waals surface area (Å²) in [5.74, 6) is -9.06. The maximum Gasteiger partial charge on any atom is 0.269 e. The Kier molecular flexibility index (Phi) is 28.2. The fourth-order valence-electron chi connectivity index (χ4n) is 6.09. The van der Waals surface area contributed by atoms with Crippen molar-refractivity contribution in [2.24, 2.45) is 0 Å². The van der Waals surface area contributed by atoms with E-state index in [1.807, 2.05) is 0 Å². The standard InChI is InChI=1S/C41H67N9O17/c1-25(10-16-51)19-34(57)48(65)13-4-7-28-37(60)42-22-33(56)43-31(23-54)40(63)47-32(24-55)41(64)46-30(9-6-15-50(67)36(59)21-27(3)12-18-53)39(62)45-29(38(61)44-28)8-5-14-49(66)35(58)20-26(2)11-17-52/h19-21,28-32,51-55,65-67H,4-18,22-24H2,1-3H3,(H,42,60)(H,43,56)(H,44,61)(H,45,62)(H,46,64)(H,47,63)/b25-19-,26-20+,27-21+. The monoisotopic (exact) mass is 957 g/mol. The van der Waals surface area contributed by atoms with E-state index < -0.39 is 116 Å². The zero-order valence-corrected chi connectivity index (χ0v) is 37.9. The first kappa shape index (κ1) is 59.1. The van der Waals surface area contributed by atoms with Gasteiger partial charge in [0.05, 0.1) is 19.8 Å². The Morgan fingerprint density at radius 2 is 0.761 bits per heavy atom. The molecule has 1 fully saturated rings. The number of hydrogen-bond donors (Lipinski definition) is 14. The molecule has 0 aromatic rings. The van der Waals surface area contributed by atoms with Crippen molar-refractivity contribution < 1.29 is 84.3 Å². The van der Waals surface area contributed by atoms with Crippen LogP contribution in [-0.2, 0) is 43.2 Å². The molecular formula is C41H67N9O17. The number of nitrogens with zero attached hydrogens (tertiary/aromatic N) is 3. The molecule has 1 aliphatic heterocycles. The van der Waals surface area contributed by atoms with E-state index >= 15 is 0 Å². The summed E-state index contributed by atoms with van der Waals surface area (Å²) in [6.45, 7) is -0.261. The minimum atomic E-state index is -1.79. The fraction of sp³-hybridized carbons (Fsp3) is 0.634. The van der Waals surface area contributed by atoms with Gasteiger partial charge in [0.2, 0.25) is 35.4 Å². The molecule has 0 spiro atoms. The fourth-order valence-corrected chi connectivity index (χ4v) is 6.09. The SMILES string of the molecule is C/C(=C/C(=O)N(O)CCCC1NC(=O)C(CCCN(O)C(=O)/C=C(\C)CCO)NC(=O)C(CCCN(O)C(=O)/C=C(\C)CCO)NC(=O)C(CO)NC(=O)C(CO)NC(=O)CNC1=O)CCO. The second-order valence-corrected chi connectivity index (χ2v) is 15.7. The van der Waals surface area contributed by atoms with Crippen LogP contribution in [0.5, 0.6) is 0 Å². The summed E-state index contributed by atoms with van der Waals surface area (Å²) in [5, 5.41) is 93.2. The van der Waals surface area contributed by atoms with Crippen LogP contribution >= 0.6 is 0 Å². The number of carbonyl (C=O) groups excluding carboxylic acids is 9. The van der Waals surface area contributed by atoms with Crippen LogP contribution in [0.25, 0.3) is 0 Å². The van der Waals surface area contributed by atoms with Crippen LogP contribution in [0.4, 0.5) is 0 Å². The normalized spacial score (nSPS) is 20.8. The lowest BCUT2D eigenvalue weighted by molar-refractivity contribution is -0.160. The Labute approximate surface area is 387 Å². The molecule has 14 N–H and O–H groups in total. The summed E-state index contributed by atoms with van der Waals surface area (Å²) >= 11 is 0. The van der Waals surface area contributed by atoms with Crippen molar-refractivity contribution in [1.29, 1.82) is 0 Å². The second-order valence-electron chi connectivity index (χ2n) is 15.7. The summed E-state index contributed by atoms with van der Waals surface area (Å²) in [4.78, 5) is 119. The van der Waals surface area contributed by atoms with Gasteiger partial charge in [0.25, 0.3) is 17.7 Å². The van der Waals surface area contributed by atoms with Crippen molar-refractivity contribution in [3.63, 3.8) is 0 Å². The molecule has 5 unspecified atom stereocenters. The van der Waals surface area contributed by atoms with Crippen molar-refractivity contribution in [2.75, 3.05) is 59.2 Å². The molecule has 0 saturated carbocycles. The second kappa shape index (κ2) is 31.9. The van der Waals surface area contributed by atoms with Gasteiger partial charge in [-0.15, -0.1) is 0 Å². The Balaban J connectivity index is 3.69. The molecule has 1 heterocycles. The molecule has 26 nitrogen and oxygen atoms in total. The topological polar surface area (TPSA) is 397 Å². The summed E-state index contributed by atoms with van der Waals surface area (Å²) < 4.78 is 0. The molecule has 0 bridgehead atoms. The van der Waals surface area contributed by atoms with E-state index in [2.05, 4.69) is 31.9 Å². The highest BCUT2D eigenvalue weighted by Crippen LogP contribution is 2.10. The van der Waals surface area contributed by atoms with Crippen LogP contribution in [-0.4, -0.2) is 199 Å². The number of nitrogens with one attached hydrogen (secondary N) is 6. The molecule has 0 radical (unpaired) electrons. The van der Waals surface area contributed by atoms with Crippen LogP contribution < -0.4 is 31.9 Å². The molecule has 1 rings (SSSR count). The smallest absolute Gasteiger partial charge is 0.269 e. The first-order valence-corrected chi connectivity index (χ1v) is 21.6. The number of hydroxylamine groups is 6. The van der Waals surface area contributed by atoms with Crippen molar-refractivity contribution in [3.05, 3.63) is 34.9 Å². The van der Waals surface area contributed by atoms with Crippen LogP contribution in [0.1, 0.15) is 78.6 Å². The van der Waals surface area contributed by atoms with Gasteiger partial charge >= 0.3 is 0 Å². The van der Waals surface area contributed by atoms with Gasteiger partial charge in [-0.1, -0.05) is 16.7 Å². The van der Waals surface area contributed by atoms with E-state index in [9.17, 15) is 69.0 Å². The van der Waals surface area contributed by atoms with Crippen molar-refractivity contribution in [1.82, 2.24) is 47.1 Å². The molecule has 1 aliphatic rings. The Morgan fingerprint density at radius 3 is 1.07 bits per heavy atom. The molecule has 9 amide bonds. The third-order valence-corrected chi connectivity index (χ3v) is 9.95. The third kappa shape index (κ3) is 22.9. The molecule has 67 heavy (non-hydrogen) atoms. The summed E-state index contributed by atoms with van der Waals surface area (Å²) in [5.41, 5.74) is 1.34. The number of aliphatic hydroxyl groups is 5. The number of amides is 9. The Bertz CT molecular complexity index is 1790. The maximum absolute atomic E-state index is 14.1. The lowest BCUT2D eigenvalue weighted by atomic mass is 10.0. The molecule has 0 aliphatic carbocycles. The average Bonchev–Trinajstić information content (AvgIpc) is 3.27. The first-order valence-electron chi connectivity index (χ1n) is 21.6. The largest absolute Gasteiger partial charge is 0.396 e. The zero-order valence-electron chi connectivity index (χ0n) is 37.9. The molecular weight excluding hydrogens is 890 g/mol. The lowest BCUT2D eigenvalue weighted by Crippen LogP contribution is -2.61. The first-order chi connectivity index (χ1) is 31.7.